The fourth-order valence-corrected chi connectivity index (χ4v) is 1.81. The van der Waals surface area contributed by atoms with E-state index in [4.69, 9.17) is 0 Å². The molecule has 0 amide bonds. The van der Waals surface area contributed by atoms with Crippen LogP contribution in [0, 0.1) is 5.41 Å². The van der Waals surface area contributed by atoms with Gasteiger partial charge in [-0.05, 0) is 29.0 Å². The Morgan fingerprint density at radius 2 is 1.15 bits per heavy atom. The quantitative estimate of drug-likeness (QED) is 0.407. The summed E-state index contributed by atoms with van der Waals surface area (Å²) in [4.78, 5) is 8.26. The molecule has 2 heterocycles. The molecule has 0 atom stereocenters. The fraction of sp³-hybridized carbons (Fsp3) is 0.440. The zero-order valence-corrected chi connectivity index (χ0v) is 18.7. The Morgan fingerprint density at radius 3 is 1.52 bits per heavy atom. The number of nitrogens with zero attached hydrogens (tertiary/aromatic N) is 2. The second kappa shape index (κ2) is 12.2. The van der Waals surface area contributed by atoms with E-state index in [1.807, 2.05) is 44.3 Å². The van der Waals surface area contributed by atoms with E-state index in [1.165, 1.54) is 10.8 Å². The molecule has 2 nitrogen and oxygen atoms in total. The van der Waals surface area contributed by atoms with Crippen LogP contribution >= 0.6 is 0 Å². The summed E-state index contributed by atoms with van der Waals surface area (Å²) in [7, 11) is 0. The molecule has 0 aliphatic carbocycles. The van der Waals surface area contributed by atoms with Gasteiger partial charge in [-0.25, -0.2) is 0 Å². The first kappa shape index (κ1) is 24.8. The normalized spacial score (nSPS) is 10.4. The highest BCUT2D eigenvalue weighted by Gasteiger charge is 2.14. The highest BCUT2D eigenvalue weighted by molar-refractivity contribution is 5.81. The Kier molecular flexibility index (Phi) is 11.2. The van der Waals surface area contributed by atoms with Crippen LogP contribution in [0.1, 0.15) is 68.0 Å². The van der Waals surface area contributed by atoms with Gasteiger partial charge in [-0.1, -0.05) is 92.6 Å². The summed E-state index contributed by atoms with van der Waals surface area (Å²) in [5.41, 5.74) is 1.78. The van der Waals surface area contributed by atoms with Crippen molar-refractivity contribution in [2.45, 2.75) is 67.7 Å². The molecule has 0 unspecified atom stereocenters. The third-order valence-corrected chi connectivity index (χ3v) is 2.97. The molecule has 148 valence electrons. The highest BCUT2D eigenvalue weighted by atomic mass is 14.7. The van der Waals surface area contributed by atoms with Crippen molar-refractivity contribution in [3.05, 3.63) is 72.8 Å². The number of fused-ring (bicyclic) bond motifs is 1. The van der Waals surface area contributed by atoms with Gasteiger partial charge < -0.3 is 0 Å². The molecule has 27 heavy (non-hydrogen) atoms. The van der Waals surface area contributed by atoms with E-state index in [1.54, 1.807) is 12.4 Å². The number of benzene rings is 1. The molecule has 0 spiro atoms. The van der Waals surface area contributed by atoms with E-state index in [0.717, 1.165) is 5.69 Å². The molecule has 0 fully saturated rings. The summed E-state index contributed by atoms with van der Waals surface area (Å²) in [6.45, 7) is 19.3. The van der Waals surface area contributed by atoms with Crippen LogP contribution in [-0.2, 0) is 5.41 Å². The van der Waals surface area contributed by atoms with Crippen LogP contribution in [0.5, 0.6) is 0 Å². The average Bonchev–Trinajstić information content (AvgIpc) is 2.63. The molecule has 2 aromatic heterocycles. The lowest BCUT2D eigenvalue weighted by atomic mass is 9.91. The summed E-state index contributed by atoms with van der Waals surface area (Å²) < 4.78 is 0. The minimum absolute atomic E-state index is 0.129. The number of hydrogen-bond donors (Lipinski definition) is 0. The Bertz CT molecular complexity index is 703. The largest absolute Gasteiger partial charge is 0.265 e. The molecule has 0 saturated carbocycles. The standard InChI is InChI=1S/C13H15N.C5H5N.C5H12.C2H6/c1-13(2,3)12-8-10-6-4-5-7-11(10)9-14-12;1-2-4-6-5-3-1;1-5(2,3)4;1-2/h4-9H,1-3H3;1-5H;1-4H3;1-2H3. The van der Waals surface area contributed by atoms with Crippen molar-refractivity contribution in [2.24, 2.45) is 5.41 Å². The minimum atomic E-state index is 0.129. The van der Waals surface area contributed by atoms with Gasteiger partial charge in [0.1, 0.15) is 0 Å². The predicted molar refractivity (Wildman–Crippen MR) is 121 cm³/mol. The van der Waals surface area contributed by atoms with Gasteiger partial charge in [-0.2, -0.15) is 0 Å². The van der Waals surface area contributed by atoms with E-state index < -0.39 is 0 Å². The number of rotatable bonds is 0. The molecule has 0 N–H and O–H groups in total. The van der Waals surface area contributed by atoms with E-state index in [-0.39, 0.29) is 5.41 Å². The minimum Gasteiger partial charge on any atom is -0.265 e. The predicted octanol–water partition coefficient (Wildman–Crippen LogP) is 7.69. The maximum Gasteiger partial charge on any atom is 0.0463 e. The van der Waals surface area contributed by atoms with Gasteiger partial charge >= 0.3 is 0 Å². The summed E-state index contributed by atoms with van der Waals surface area (Å²) in [6, 6.07) is 16.2. The maximum absolute atomic E-state index is 4.48. The van der Waals surface area contributed by atoms with Crippen LogP contribution in [0.25, 0.3) is 10.8 Å². The lowest BCUT2D eigenvalue weighted by Crippen LogP contribution is -2.12. The van der Waals surface area contributed by atoms with E-state index >= 15 is 0 Å². The van der Waals surface area contributed by atoms with Crippen molar-refractivity contribution >= 4 is 10.8 Å². The highest BCUT2D eigenvalue weighted by Crippen LogP contribution is 2.23. The van der Waals surface area contributed by atoms with Crippen LogP contribution in [0.4, 0.5) is 0 Å². The number of pyridine rings is 2. The third-order valence-electron chi connectivity index (χ3n) is 2.97. The zero-order chi connectivity index (χ0) is 20.9. The second-order valence-electron chi connectivity index (χ2n) is 8.69. The molecule has 3 aromatic rings. The monoisotopic (exact) mass is 366 g/mol. The second-order valence-corrected chi connectivity index (χ2v) is 8.69. The third kappa shape index (κ3) is 12.7. The molecule has 0 bridgehead atoms. The molecule has 0 aliphatic heterocycles. The smallest absolute Gasteiger partial charge is 0.0463 e. The van der Waals surface area contributed by atoms with Gasteiger partial charge in [0.2, 0.25) is 0 Å². The molecule has 2 heteroatoms. The van der Waals surface area contributed by atoms with Gasteiger partial charge in [-0.3, -0.25) is 9.97 Å². The van der Waals surface area contributed by atoms with Gasteiger partial charge in [0.05, 0.1) is 0 Å². The van der Waals surface area contributed by atoms with Crippen LogP contribution in [-0.4, -0.2) is 9.97 Å². The van der Waals surface area contributed by atoms with E-state index in [0.29, 0.717) is 5.41 Å². The van der Waals surface area contributed by atoms with E-state index in [2.05, 4.69) is 82.7 Å². The van der Waals surface area contributed by atoms with Crippen LogP contribution < -0.4 is 0 Å². The topological polar surface area (TPSA) is 25.8 Å². The van der Waals surface area contributed by atoms with Crippen molar-refractivity contribution in [3.63, 3.8) is 0 Å². The first-order valence-corrected chi connectivity index (χ1v) is 9.77. The maximum atomic E-state index is 4.48. The van der Waals surface area contributed by atoms with Crippen molar-refractivity contribution < 1.29 is 0 Å². The van der Waals surface area contributed by atoms with Crippen LogP contribution in [0.15, 0.2) is 67.1 Å². The molecule has 0 radical (unpaired) electrons. The first-order chi connectivity index (χ1) is 12.6. The summed E-state index contributed by atoms with van der Waals surface area (Å²) >= 11 is 0. The number of hydrogen-bond acceptors (Lipinski definition) is 2. The zero-order valence-electron chi connectivity index (χ0n) is 18.7. The van der Waals surface area contributed by atoms with Gasteiger partial charge in [-0.15, -0.1) is 0 Å². The lowest BCUT2D eigenvalue weighted by molar-refractivity contribution is 0.469. The van der Waals surface area contributed by atoms with Gasteiger partial charge in [0.25, 0.3) is 0 Å². The summed E-state index contributed by atoms with van der Waals surface area (Å²) in [5.74, 6) is 0. The Labute approximate surface area is 167 Å². The average molecular weight is 367 g/mol. The molecule has 0 aliphatic rings. The summed E-state index contributed by atoms with van der Waals surface area (Å²) in [5, 5.41) is 2.48. The van der Waals surface area contributed by atoms with Crippen LogP contribution in [0.2, 0.25) is 0 Å². The molecular formula is C25H38N2. The van der Waals surface area contributed by atoms with E-state index in [9.17, 15) is 0 Å². The SMILES string of the molecule is CC.CC(C)(C)C.CC(C)(C)c1cc2ccccc2cn1.c1ccncc1. The molecule has 3 rings (SSSR count). The molecule has 0 saturated heterocycles. The Balaban J connectivity index is 0.000000432. The van der Waals surface area contributed by atoms with Crippen molar-refractivity contribution in [3.8, 4) is 0 Å². The van der Waals surface area contributed by atoms with Crippen molar-refractivity contribution in [1.29, 1.82) is 0 Å². The lowest BCUT2D eigenvalue weighted by Gasteiger charge is -2.17. The van der Waals surface area contributed by atoms with Gasteiger partial charge in [0.15, 0.2) is 0 Å². The van der Waals surface area contributed by atoms with Crippen molar-refractivity contribution in [1.82, 2.24) is 9.97 Å². The Hall–Kier alpha value is -2.22. The number of aromatic nitrogens is 2. The molecule has 1 aromatic carbocycles. The summed E-state index contributed by atoms with van der Waals surface area (Å²) in [6.07, 6.45) is 5.45. The van der Waals surface area contributed by atoms with Gasteiger partial charge in [0, 0.05) is 35.1 Å². The first-order valence-electron chi connectivity index (χ1n) is 9.77. The van der Waals surface area contributed by atoms with Crippen molar-refractivity contribution in [2.75, 3.05) is 0 Å². The fourth-order valence-electron chi connectivity index (χ4n) is 1.81. The Morgan fingerprint density at radius 1 is 0.667 bits per heavy atom. The molecular weight excluding hydrogens is 328 g/mol. The van der Waals surface area contributed by atoms with Crippen LogP contribution in [0.3, 0.4) is 0 Å².